The Hall–Kier alpha value is -1.17. The second-order valence-corrected chi connectivity index (χ2v) is 2.32. The quantitative estimate of drug-likeness (QED) is 0.603. The van der Waals surface area contributed by atoms with Crippen molar-refractivity contribution in [1.82, 2.24) is 5.32 Å². The molecule has 62 valence electrons. The van der Waals surface area contributed by atoms with Crippen molar-refractivity contribution in [1.29, 1.82) is 0 Å². The van der Waals surface area contributed by atoms with E-state index in [0.29, 0.717) is 6.54 Å². The van der Waals surface area contributed by atoms with Crippen molar-refractivity contribution in [3.63, 3.8) is 0 Å². The summed E-state index contributed by atoms with van der Waals surface area (Å²) in [6, 6.07) is 0. The van der Waals surface area contributed by atoms with E-state index in [1.54, 1.807) is 6.92 Å². The van der Waals surface area contributed by atoms with E-state index in [0.717, 1.165) is 6.42 Å². The number of rotatable bonds is 3. The number of hydrogen-bond acceptors (Lipinski definition) is 1. The van der Waals surface area contributed by atoms with Crippen LogP contribution in [0.2, 0.25) is 0 Å². The van der Waals surface area contributed by atoms with Crippen LogP contribution in [0.1, 0.15) is 20.3 Å². The van der Waals surface area contributed by atoms with E-state index in [-0.39, 0.29) is 5.92 Å². The maximum absolute atomic E-state index is 9.99. The van der Waals surface area contributed by atoms with Gasteiger partial charge in [-0.05, 0) is 13.3 Å². The van der Waals surface area contributed by atoms with Gasteiger partial charge in [0.15, 0.2) is 0 Å². The molecule has 0 spiro atoms. The fourth-order valence-corrected chi connectivity index (χ4v) is 0.714. The summed E-state index contributed by atoms with van der Waals surface area (Å²) in [5.74, 6) is 5.99. The van der Waals surface area contributed by atoms with Gasteiger partial charge in [-0.3, -0.25) is 0 Å². The number of hydrogen-bond donors (Lipinski definition) is 2. The molecule has 1 unspecified atom stereocenters. The monoisotopic (exact) mass is 155 g/mol. The van der Waals surface area contributed by atoms with Crippen molar-refractivity contribution in [2.75, 3.05) is 6.54 Å². The Bertz CT molecular complexity index is 178. The Balaban J connectivity index is 3.36. The molecule has 0 aromatic rings. The molecule has 3 heteroatoms. The third-order valence-corrected chi connectivity index (χ3v) is 1.24. The lowest BCUT2D eigenvalue weighted by Crippen LogP contribution is -2.22. The lowest BCUT2D eigenvalue weighted by Gasteiger charge is -2.02. The summed E-state index contributed by atoms with van der Waals surface area (Å²) in [5.41, 5.74) is 0. The molecule has 0 aromatic heterocycles. The standard InChI is InChI=1S/C8H13NO2/c1-3-4-7(2)5-6-9-8(10)11/h7,9H,5-6H2,1-2H3,(H,10,11). The van der Waals surface area contributed by atoms with Gasteiger partial charge in [0.1, 0.15) is 0 Å². The lowest BCUT2D eigenvalue weighted by atomic mass is 10.1. The van der Waals surface area contributed by atoms with Crippen LogP contribution in [0.5, 0.6) is 0 Å². The molecule has 0 saturated carbocycles. The Kier molecular flexibility index (Phi) is 5.01. The molecule has 0 fully saturated rings. The molecule has 0 radical (unpaired) electrons. The zero-order chi connectivity index (χ0) is 8.69. The van der Waals surface area contributed by atoms with Crippen LogP contribution >= 0.6 is 0 Å². The van der Waals surface area contributed by atoms with Crippen LogP contribution in [0.25, 0.3) is 0 Å². The van der Waals surface area contributed by atoms with Crippen LogP contribution in [-0.2, 0) is 0 Å². The average Bonchev–Trinajstić information content (AvgIpc) is 1.87. The number of carbonyl (C=O) groups is 1. The molecule has 0 aliphatic heterocycles. The summed E-state index contributed by atoms with van der Waals surface area (Å²) in [6.45, 7) is 4.23. The molecule has 0 aliphatic carbocycles. The summed E-state index contributed by atoms with van der Waals surface area (Å²) < 4.78 is 0. The van der Waals surface area contributed by atoms with E-state index in [1.807, 2.05) is 6.92 Å². The zero-order valence-corrected chi connectivity index (χ0v) is 6.85. The first kappa shape index (κ1) is 9.83. The molecule has 0 bridgehead atoms. The van der Waals surface area contributed by atoms with Gasteiger partial charge in [0.25, 0.3) is 0 Å². The highest BCUT2D eigenvalue weighted by Crippen LogP contribution is 1.96. The molecule has 3 nitrogen and oxygen atoms in total. The number of nitrogens with one attached hydrogen (secondary N) is 1. The van der Waals surface area contributed by atoms with Gasteiger partial charge in [-0.2, -0.15) is 0 Å². The minimum absolute atomic E-state index is 0.270. The normalized spacial score (nSPS) is 11.1. The maximum atomic E-state index is 9.99. The topological polar surface area (TPSA) is 49.3 Å². The molecular formula is C8H13NO2. The van der Waals surface area contributed by atoms with Crippen LogP contribution in [0.15, 0.2) is 0 Å². The summed E-state index contributed by atoms with van der Waals surface area (Å²) >= 11 is 0. The van der Waals surface area contributed by atoms with Gasteiger partial charge in [-0.25, -0.2) is 4.79 Å². The van der Waals surface area contributed by atoms with Gasteiger partial charge in [0.05, 0.1) is 0 Å². The molecular weight excluding hydrogens is 142 g/mol. The highest BCUT2D eigenvalue weighted by Gasteiger charge is 1.97. The van der Waals surface area contributed by atoms with Crippen molar-refractivity contribution in [3.8, 4) is 11.8 Å². The first-order chi connectivity index (χ1) is 5.16. The van der Waals surface area contributed by atoms with E-state index in [1.165, 1.54) is 0 Å². The third kappa shape index (κ3) is 6.72. The predicted octanol–water partition coefficient (Wildman–Crippen LogP) is 1.30. The van der Waals surface area contributed by atoms with Crippen molar-refractivity contribution in [2.24, 2.45) is 5.92 Å². The largest absolute Gasteiger partial charge is 0.465 e. The van der Waals surface area contributed by atoms with Gasteiger partial charge in [-0.1, -0.05) is 6.92 Å². The first-order valence-corrected chi connectivity index (χ1v) is 3.56. The van der Waals surface area contributed by atoms with Gasteiger partial charge >= 0.3 is 6.09 Å². The SMILES string of the molecule is CC#CC(C)CCNC(=O)O. The predicted molar refractivity (Wildman–Crippen MR) is 43.3 cm³/mol. The fraction of sp³-hybridized carbons (Fsp3) is 0.625. The van der Waals surface area contributed by atoms with E-state index >= 15 is 0 Å². The molecule has 2 N–H and O–H groups in total. The molecule has 0 saturated heterocycles. The van der Waals surface area contributed by atoms with Gasteiger partial charge in [-0.15, -0.1) is 11.8 Å². The smallest absolute Gasteiger partial charge is 0.404 e. The van der Waals surface area contributed by atoms with Gasteiger partial charge < -0.3 is 10.4 Å². The van der Waals surface area contributed by atoms with Crippen molar-refractivity contribution in [3.05, 3.63) is 0 Å². The highest BCUT2D eigenvalue weighted by atomic mass is 16.4. The lowest BCUT2D eigenvalue weighted by molar-refractivity contribution is 0.194. The van der Waals surface area contributed by atoms with Crippen LogP contribution in [0.3, 0.4) is 0 Å². The first-order valence-electron chi connectivity index (χ1n) is 3.56. The zero-order valence-electron chi connectivity index (χ0n) is 6.85. The second kappa shape index (κ2) is 5.60. The Morgan fingerprint density at radius 3 is 2.82 bits per heavy atom. The van der Waals surface area contributed by atoms with Crippen molar-refractivity contribution < 1.29 is 9.90 Å². The molecule has 1 atom stereocenters. The summed E-state index contributed by atoms with van der Waals surface area (Å²) in [6.07, 6.45) is -0.200. The Labute approximate surface area is 66.8 Å². The minimum atomic E-state index is -0.971. The third-order valence-electron chi connectivity index (χ3n) is 1.24. The molecule has 0 aliphatic rings. The number of amides is 1. The minimum Gasteiger partial charge on any atom is -0.465 e. The van der Waals surface area contributed by atoms with Crippen LogP contribution in [-0.4, -0.2) is 17.7 Å². The van der Waals surface area contributed by atoms with Gasteiger partial charge in [0.2, 0.25) is 0 Å². The van der Waals surface area contributed by atoms with E-state index < -0.39 is 6.09 Å². The van der Waals surface area contributed by atoms with Crippen molar-refractivity contribution >= 4 is 6.09 Å². The van der Waals surface area contributed by atoms with E-state index in [9.17, 15) is 4.79 Å². The fourth-order valence-electron chi connectivity index (χ4n) is 0.714. The van der Waals surface area contributed by atoms with E-state index in [4.69, 9.17) is 5.11 Å². The maximum Gasteiger partial charge on any atom is 0.404 e. The van der Waals surface area contributed by atoms with Crippen molar-refractivity contribution in [2.45, 2.75) is 20.3 Å². The van der Waals surface area contributed by atoms with Crippen LogP contribution in [0.4, 0.5) is 4.79 Å². The van der Waals surface area contributed by atoms with E-state index in [2.05, 4.69) is 17.2 Å². The molecule has 11 heavy (non-hydrogen) atoms. The summed E-state index contributed by atoms with van der Waals surface area (Å²) in [5, 5.41) is 10.5. The summed E-state index contributed by atoms with van der Waals surface area (Å²) in [7, 11) is 0. The second-order valence-electron chi connectivity index (χ2n) is 2.32. The van der Waals surface area contributed by atoms with Gasteiger partial charge in [0, 0.05) is 12.5 Å². The average molecular weight is 155 g/mol. The molecule has 0 rings (SSSR count). The Morgan fingerprint density at radius 1 is 1.73 bits per heavy atom. The molecule has 1 amide bonds. The Morgan fingerprint density at radius 2 is 2.36 bits per heavy atom. The van der Waals surface area contributed by atoms with Crippen LogP contribution < -0.4 is 5.32 Å². The highest BCUT2D eigenvalue weighted by molar-refractivity contribution is 5.64. The molecule has 0 heterocycles. The summed E-state index contributed by atoms with van der Waals surface area (Å²) in [4.78, 5) is 9.99. The number of carboxylic acid groups (broad SMARTS) is 1. The molecule has 0 aromatic carbocycles. The van der Waals surface area contributed by atoms with Crippen LogP contribution in [0, 0.1) is 17.8 Å².